The zero-order valence-corrected chi connectivity index (χ0v) is 11.4. The summed E-state index contributed by atoms with van der Waals surface area (Å²) in [7, 11) is 0. The normalized spacial score (nSPS) is 13.3. The van der Waals surface area contributed by atoms with Crippen LogP contribution >= 0.6 is 0 Å². The zero-order chi connectivity index (χ0) is 15.3. The summed E-state index contributed by atoms with van der Waals surface area (Å²) in [5, 5.41) is 14.7. The summed E-state index contributed by atoms with van der Waals surface area (Å²) in [4.78, 5) is 11.9. The highest BCUT2D eigenvalue weighted by atomic mass is 19.4. The smallest absolute Gasteiger partial charge is 0.396 e. The molecule has 0 saturated carbocycles. The summed E-state index contributed by atoms with van der Waals surface area (Å²) < 4.78 is 39.6. The molecule has 2 N–H and O–H groups in total. The lowest BCUT2D eigenvalue weighted by molar-refractivity contribution is -0.144. The average Bonchev–Trinajstić information content (AvgIpc) is 2.80. The number of carbonyl (C=O) groups excluding carboxylic acids is 1. The molecule has 1 atom stereocenters. The first-order chi connectivity index (χ1) is 9.31. The van der Waals surface area contributed by atoms with Crippen LogP contribution in [0.4, 0.5) is 13.2 Å². The van der Waals surface area contributed by atoms with Crippen molar-refractivity contribution >= 4 is 5.91 Å². The Bertz CT molecular complexity index is 457. The van der Waals surface area contributed by atoms with Crippen molar-refractivity contribution in [2.24, 2.45) is 0 Å². The SMILES string of the molecule is CCn1ncc(C(=O)NC(C)CCCO)c1C(F)(F)F. The van der Waals surface area contributed by atoms with Gasteiger partial charge in [0, 0.05) is 19.2 Å². The van der Waals surface area contributed by atoms with Crippen molar-refractivity contribution in [3.8, 4) is 0 Å². The number of rotatable bonds is 6. The molecule has 8 heteroatoms. The van der Waals surface area contributed by atoms with E-state index in [-0.39, 0.29) is 19.2 Å². The van der Waals surface area contributed by atoms with Crippen LogP contribution < -0.4 is 5.32 Å². The molecule has 0 spiro atoms. The molecule has 0 bridgehead atoms. The van der Waals surface area contributed by atoms with Crippen LogP contribution in [0.15, 0.2) is 6.20 Å². The molecule has 1 rings (SSSR count). The summed E-state index contributed by atoms with van der Waals surface area (Å²) in [5.41, 5.74) is -1.51. The molecule has 0 saturated heterocycles. The van der Waals surface area contributed by atoms with Gasteiger partial charge in [0.2, 0.25) is 0 Å². The van der Waals surface area contributed by atoms with E-state index in [4.69, 9.17) is 5.11 Å². The number of aryl methyl sites for hydroxylation is 1. The van der Waals surface area contributed by atoms with E-state index in [1.807, 2.05) is 0 Å². The number of aliphatic hydroxyl groups is 1. The van der Waals surface area contributed by atoms with Crippen molar-refractivity contribution in [1.82, 2.24) is 15.1 Å². The van der Waals surface area contributed by atoms with Gasteiger partial charge < -0.3 is 10.4 Å². The maximum atomic E-state index is 13.0. The highest BCUT2D eigenvalue weighted by Crippen LogP contribution is 2.32. The second-order valence-electron chi connectivity index (χ2n) is 4.46. The Balaban J connectivity index is 2.91. The van der Waals surface area contributed by atoms with Gasteiger partial charge in [-0.2, -0.15) is 18.3 Å². The number of aliphatic hydroxyl groups excluding tert-OH is 1. The molecule has 1 aromatic rings. The maximum absolute atomic E-state index is 13.0. The van der Waals surface area contributed by atoms with Gasteiger partial charge in [0.15, 0.2) is 5.69 Å². The van der Waals surface area contributed by atoms with Crippen LogP contribution in [-0.2, 0) is 12.7 Å². The Morgan fingerprint density at radius 2 is 2.20 bits per heavy atom. The van der Waals surface area contributed by atoms with Crippen molar-refractivity contribution in [2.45, 2.75) is 45.5 Å². The lowest BCUT2D eigenvalue weighted by Gasteiger charge is -2.15. The summed E-state index contributed by atoms with van der Waals surface area (Å²) in [6, 6.07) is -0.319. The lowest BCUT2D eigenvalue weighted by Crippen LogP contribution is -2.34. The Morgan fingerprint density at radius 1 is 1.55 bits per heavy atom. The van der Waals surface area contributed by atoms with Gasteiger partial charge >= 0.3 is 6.18 Å². The first-order valence-electron chi connectivity index (χ1n) is 6.36. The quantitative estimate of drug-likeness (QED) is 0.840. The molecule has 1 amide bonds. The summed E-state index contributed by atoms with van der Waals surface area (Å²) in [6.07, 6.45) is -2.73. The largest absolute Gasteiger partial charge is 0.433 e. The molecule has 1 heterocycles. The second kappa shape index (κ2) is 6.74. The third-order valence-electron chi connectivity index (χ3n) is 2.82. The number of aromatic nitrogens is 2. The lowest BCUT2D eigenvalue weighted by atomic mass is 10.1. The fraction of sp³-hybridized carbons (Fsp3) is 0.667. The minimum Gasteiger partial charge on any atom is -0.396 e. The van der Waals surface area contributed by atoms with Crippen LogP contribution in [0, 0.1) is 0 Å². The van der Waals surface area contributed by atoms with Crippen molar-refractivity contribution in [2.75, 3.05) is 6.61 Å². The molecule has 0 fully saturated rings. The monoisotopic (exact) mass is 293 g/mol. The van der Waals surface area contributed by atoms with Crippen molar-refractivity contribution in [1.29, 1.82) is 0 Å². The van der Waals surface area contributed by atoms with E-state index in [1.165, 1.54) is 6.92 Å². The van der Waals surface area contributed by atoms with Gasteiger partial charge in [-0.05, 0) is 26.7 Å². The number of amides is 1. The van der Waals surface area contributed by atoms with Gasteiger partial charge in [0.1, 0.15) is 0 Å². The summed E-state index contributed by atoms with van der Waals surface area (Å²) in [5.74, 6) is -0.803. The van der Waals surface area contributed by atoms with Gasteiger partial charge in [-0.1, -0.05) is 0 Å². The van der Waals surface area contributed by atoms with E-state index in [1.54, 1.807) is 6.92 Å². The third kappa shape index (κ3) is 3.96. The van der Waals surface area contributed by atoms with E-state index in [0.717, 1.165) is 10.9 Å². The number of hydrogen-bond donors (Lipinski definition) is 2. The topological polar surface area (TPSA) is 67.2 Å². The molecule has 5 nitrogen and oxygen atoms in total. The fourth-order valence-corrected chi connectivity index (χ4v) is 1.86. The number of hydrogen-bond acceptors (Lipinski definition) is 3. The second-order valence-corrected chi connectivity index (χ2v) is 4.46. The highest BCUT2D eigenvalue weighted by molar-refractivity contribution is 5.95. The first-order valence-corrected chi connectivity index (χ1v) is 6.36. The number of halogens is 3. The van der Waals surface area contributed by atoms with Crippen LogP contribution in [0.5, 0.6) is 0 Å². The van der Waals surface area contributed by atoms with Crippen molar-refractivity contribution < 1.29 is 23.1 Å². The third-order valence-corrected chi connectivity index (χ3v) is 2.82. The number of nitrogens with one attached hydrogen (secondary N) is 1. The van der Waals surface area contributed by atoms with Gasteiger partial charge in [-0.3, -0.25) is 9.48 Å². The minimum atomic E-state index is -4.63. The van der Waals surface area contributed by atoms with Gasteiger partial charge in [0.05, 0.1) is 11.8 Å². The van der Waals surface area contributed by atoms with Gasteiger partial charge in [-0.15, -0.1) is 0 Å². The fourth-order valence-electron chi connectivity index (χ4n) is 1.86. The van der Waals surface area contributed by atoms with Crippen LogP contribution in [-0.4, -0.2) is 33.4 Å². The molecule has 114 valence electrons. The minimum absolute atomic E-state index is 0.0260. The van der Waals surface area contributed by atoms with E-state index < -0.39 is 23.3 Å². The van der Waals surface area contributed by atoms with Crippen LogP contribution in [0.25, 0.3) is 0 Å². The Morgan fingerprint density at radius 3 is 2.70 bits per heavy atom. The molecule has 0 radical (unpaired) electrons. The number of alkyl halides is 3. The molecule has 1 aromatic heterocycles. The summed E-state index contributed by atoms with van der Waals surface area (Å²) in [6.45, 7) is 3.20. The van der Waals surface area contributed by atoms with Crippen LogP contribution in [0.1, 0.15) is 42.7 Å². The predicted octanol–water partition coefficient (Wildman–Crippen LogP) is 1.81. The maximum Gasteiger partial charge on any atom is 0.433 e. The first kappa shape index (κ1) is 16.5. The van der Waals surface area contributed by atoms with E-state index >= 15 is 0 Å². The molecule has 0 aliphatic heterocycles. The molecule has 20 heavy (non-hydrogen) atoms. The van der Waals surface area contributed by atoms with Crippen molar-refractivity contribution in [3.63, 3.8) is 0 Å². The van der Waals surface area contributed by atoms with Gasteiger partial charge in [0.25, 0.3) is 5.91 Å². The highest BCUT2D eigenvalue weighted by Gasteiger charge is 2.39. The van der Waals surface area contributed by atoms with E-state index in [2.05, 4.69) is 10.4 Å². The molecular weight excluding hydrogens is 275 g/mol. The van der Waals surface area contributed by atoms with E-state index in [9.17, 15) is 18.0 Å². The average molecular weight is 293 g/mol. The van der Waals surface area contributed by atoms with Crippen LogP contribution in [0.2, 0.25) is 0 Å². The number of carbonyl (C=O) groups is 1. The van der Waals surface area contributed by atoms with Crippen LogP contribution in [0.3, 0.4) is 0 Å². The van der Waals surface area contributed by atoms with Crippen molar-refractivity contribution in [3.05, 3.63) is 17.5 Å². The summed E-state index contributed by atoms with van der Waals surface area (Å²) >= 11 is 0. The molecule has 1 unspecified atom stereocenters. The Labute approximate surface area is 114 Å². The van der Waals surface area contributed by atoms with Gasteiger partial charge in [-0.25, -0.2) is 0 Å². The zero-order valence-electron chi connectivity index (χ0n) is 11.4. The van der Waals surface area contributed by atoms with E-state index in [0.29, 0.717) is 12.8 Å². The Kier molecular flexibility index (Phi) is 5.55. The molecular formula is C12H18F3N3O2. The molecule has 0 aliphatic carbocycles. The molecule has 0 aromatic carbocycles. The standard InChI is InChI=1S/C12H18F3N3O2/c1-3-18-10(12(13,14)15)9(7-16-18)11(20)17-8(2)5-4-6-19/h7-8,19H,3-6H2,1-2H3,(H,17,20). The molecule has 0 aliphatic rings. The predicted molar refractivity (Wildman–Crippen MR) is 66.2 cm³/mol. The Hall–Kier alpha value is -1.57. The number of nitrogens with zero attached hydrogens (tertiary/aromatic N) is 2.